The Morgan fingerprint density at radius 1 is 1.02 bits per heavy atom. The van der Waals surface area contributed by atoms with Crippen LogP contribution < -0.4 is 10.2 Å². The summed E-state index contributed by atoms with van der Waals surface area (Å²) in [6.45, 7) is 1.58. The predicted molar refractivity (Wildman–Crippen MR) is 136 cm³/mol. The monoisotopic (exact) mass is 573 g/mol. The lowest BCUT2D eigenvalue weighted by Crippen LogP contribution is -2.39. The Hall–Kier alpha value is -4.60. The highest BCUT2D eigenvalue weighted by molar-refractivity contribution is 5.94. The van der Waals surface area contributed by atoms with Crippen LogP contribution in [0.25, 0.3) is 22.6 Å². The van der Waals surface area contributed by atoms with Crippen LogP contribution in [0, 0.1) is 17.2 Å². The van der Waals surface area contributed by atoms with Gasteiger partial charge in [-0.25, -0.2) is 9.97 Å². The number of carbonyl (C=O) groups is 1. The average Bonchev–Trinajstić information content (AvgIpc) is 3.39. The minimum absolute atomic E-state index is 0.0816. The summed E-state index contributed by atoms with van der Waals surface area (Å²) in [5, 5.41) is 11.9. The van der Waals surface area contributed by atoms with Gasteiger partial charge in [0.2, 0.25) is 5.89 Å². The minimum Gasteiger partial charge on any atom is -0.435 e. The standard InChI is InChI=1S/C28H21F6N5O2/c29-27(30,31)20-5-6-23(36-15-20)39-9-7-16(8-10-39)14-37-25(40)18-1-3-19(4-2-18)26-38-22-12-17(13-35)11-21(24(22)41-26)28(32,33)34/h1-6,11-12,15-16H,7-10,14H2,(H,37,40). The van der Waals surface area contributed by atoms with Crippen LogP contribution in [0.15, 0.2) is 59.1 Å². The summed E-state index contributed by atoms with van der Waals surface area (Å²) in [5.74, 6) is 0.227. The zero-order valence-electron chi connectivity index (χ0n) is 21.2. The Morgan fingerprint density at radius 3 is 2.32 bits per heavy atom. The molecular formula is C28H21F6N5O2. The molecule has 13 heteroatoms. The van der Waals surface area contributed by atoms with Crippen LogP contribution in [0.4, 0.5) is 32.2 Å². The van der Waals surface area contributed by atoms with Crippen molar-refractivity contribution in [1.82, 2.24) is 15.3 Å². The lowest BCUT2D eigenvalue weighted by Gasteiger charge is -2.33. The topological polar surface area (TPSA) is 95.0 Å². The number of anilines is 1. The molecule has 1 aliphatic rings. The second-order valence-electron chi connectivity index (χ2n) is 9.62. The van der Waals surface area contributed by atoms with E-state index in [0.717, 1.165) is 12.3 Å². The Balaban J connectivity index is 1.18. The van der Waals surface area contributed by atoms with Gasteiger partial charge in [0.25, 0.3) is 5.91 Å². The van der Waals surface area contributed by atoms with Gasteiger partial charge in [0.15, 0.2) is 5.58 Å². The maximum absolute atomic E-state index is 13.5. The van der Waals surface area contributed by atoms with Gasteiger partial charge in [0.05, 0.1) is 17.2 Å². The number of benzene rings is 2. The number of piperidine rings is 1. The summed E-state index contributed by atoms with van der Waals surface area (Å²) >= 11 is 0. The smallest absolute Gasteiger partial charge is 0.420 e. The lowest BCUT2D eigenvalue weighted by atomic mass is 9.96. The Morgan fingerprint density at radius 2 is 1.73 bits per heavy atom. The third-order valence-corrected chi connectivity index (χ3v) is 6.88. The van der Waals surface area contributed by atoms with Crippen molar-refractivity contribution < 1.29 is 35.6 Å². The number of nitrogens with one attached hydrogen (secondary N) is 1. The van der Waals surface area contributed by atoms with E-state index in [1.807, 2.05) is 4.90 Å². The van der Waals surface area contributed by atoms with Crippen molar-refractivity contribution in [2.45, 2.75) is 25.2 Å². The van der Waals surface area contributed by atoms with Gasteiger partial charge in [-0.3, -0.25) is 4.79 Å². The zero-order chi connectivity index (χ0) is 29.4. The fourth-order valence-corrected chi connectivity index (χ4v) is 4.64. The largest absolute Gasteiger partial charge is 0.435 e. The van der Waals surface area contributed by atoms with Crippen LogP contribution in [0.2, 0.25) is 0 Å². The number of fused-ring (bicyclic) bond motifs is 1. The molecule has 212 valence electrons. The molecule has 1 saturated heterocycles. The molecule has 4 aromatic rings. The average molecular weight is 573 g/mol. The fraction of sp³-hybridized carbons (Fsp3) is 0.286. The molecular weight excluding hydrogens is 552 g/mol. The number of aromatic nitrogens is 2. The van der Waals surface area contributed by atoms with Crippen LogP contribution in [-0.2, 0) is 12.4 Å². The van der Waals surface area contributed by atoms with Gasteiger partial charge in [-0.1, -0.05) is 0 Å². The molecule has 0 atom stereocenters. The summed E-state index contributed by atoms with van der Waals surface area (Å²) in [6.07, 6.45) is -6.92. The number of hydrogen-bond acceptors (Lipinski definition) is 6. The first-order chi connectivity index (χ1) is 19.4. The number of oxazole rings is 1. The highest BCUT2D eigenvalue weighted by Crippen LogP contribution is 2.37. The number of nitriles is 1. The molecule has 0 spiro atoms. The van der Waals surface area contributed by atoms with Crippen molar-refractivity contribution in [2.24, 2.45) is 5.92 Å². The van der Waals surface area contributed by atoms with Gasteiger partial charge in [0.1, 0.15) is 16.9 Å². The van der Waals surface area contributed by atoms with E-state index < -0.39 is 29.1 Å². The predicted octanol–water partition coefficient (Wildman–Crippen LogP) is 6.45. The molecule has 5 rings (SSSR count). The number of pyridine rings is 1. The molecule has 0 aliphatic carbocycles. The maximum atomic E-state index is 13.5. The third kappa shape index (κ3) is 6.11. The van der Waals surface area contributed by atoms with Crippen LogP contribution in [0.1, 0.15) is 39.9 Å². The molecule has 0 radical (unpaired) electrons. The lowest BCUT2D eigenvalue weighted by molar-refractivity contribution is -0.138. The molecule has 1 aliphatic heterocycles. The van der Waals surface area contributed by atoms with E-state index in [1.165, 1.54) is 36.4 Å². The van der Waals surface area contributed by atoms with E-state index in [9.17, 15) is 31.1 Å². The van der Waals surface area contributed by atoms with E-state index in [4.69, 9.17) is 9.68 Å². The molecule has 1 amide bonds. The maximum Gasteiger partial charge on any atom is 0.420 e. The molecule has 0 bridgehead atoms. The van der Waals surface area contributed by atoms with Crippen molar-refractivity contribution >= 4 is 22.8 Å². The van der Waals surface area contributed by atoms with Gasteiger partial charge in [0, 0.05) is 37.0 Å². The highest BCUT2D eigenvalue weighted by atomic mass is 19.4. The fourth-order valence-electron chi connectivity index (χ4n) is 4.64. The molecule has 7 nitrogen and oxygen atoms in total. The number of carbonyl (C=O) groups excluding carboxylic acids is 1. The van der Waals surface area contributed by atoms with E-state index in [1.54, 1.807) is 6.07 Å². The third-order valence-electron chi connectivity index (χ3n) is 6.88. The molecule has 0 saturated carbocycles. The van der Waals surface area contributed by atoms with Gasteiger partial charge in [-0.05, 0) is 67.3 Å². The van der Waals surface area contributed by atoms with Crippen LogP contribution in [-0.4, -0.2) is 35.5 Å². The summed E-state index contributed by atoms with van der Waals surface area (Å²) in [6, 6.07) is 12.0. The van der Waals surface area contributed by atoms with E-state index in [2.05, 4.69) is 15.3 Å². The summed E-state index contributed by atoms with van der Waals surface area (Å²) in [7, 11) is 0. The summed E-state index contributed by atoms with van der Waals surface area (Å²) < 4.78 is 84.1. The summed E-state index contributed by atoms with van der Waals surface area (Å²) in [5.41, 5.74) is -1.98. The molecule has 2 aromatic heterocycles. The number of halogens is 6. The van der Waals surface area contributed by atoms with E-state index in [0.29, 0.717) is 55.5 Å². The van der Waals surface area contributed by atoms with Crippen molar-refractivity contribution in [3.8, 4) is 17.5 Å². The Labute approximate surface area is 229 Å². The van der Waals surface area contributed by atoms with Crippen LogP contribution >= 0.6 is 0 Å². The second-order valence-corrected chi connectivity index (χ2v) is 9.62. The molecule has 0 unspecified atom stereocenters. The highest BCUT2D eigenvalue weighted by Gasteiger charge is 2.36. The number of nitrogens with zero attached hydrogens (tertiary/aromatic N) is 4. The molecule has 1 N–H and O–H groups in total. The Bertz CT molecular complexity index is 1600. The first-order valence-electron chi connectivity index (χ1n) is 12.5. The van der Waals surface area contributed by atoms with Crippen molar-refractivity contribution in [3.05, 3.63) is 77.0 Å². The van der Waals surface area contributed by atoms with Gasteiger partial charge in [-0.2, -0.15) is 31.6 Å². The van der Waals surface area contributed by atoms with Crippen LogP contribution in [0.3, 0.4) is 0 Å². The first-order valence-corrected chi connectivity index (χ1v) is 12.5. The Kier molecular flexibility index (Phi) is 7.33. The van der Waals surface area contributed by atoms with E-state index in [-0.39, 0.29) is 28.8 Å². The second kappa shape index (κ2) is 10.8. The quantitative estimate of drug-likeness (QED) is 0.276. The van der Waals surface area contributed by atoms with Crippen molar-refractivity contribution in [3.63, 3.8) is 0 Å². The number of alkyl halides is 6. The normalized spacial score (nSPS) is 14.7. The molecule has 1 fully saturated rings. The number of hydrogen-bond donors (Lipinski definition) is 1. The van der Waals surface area contributed by atoms with Crippen molar-refractivity contribution in [2.75, 3.05) is 24.5 Å². The van der Waals surface area contributed by atoms with Crippen LogP contribution in [0.5, 0.6) is 0 Å². The van der Waals surface area contributed by atoms with E-state index >= 15 is 0 Å². The molecule has 2 aromatic carbocycles. The van der Waals surface area contributed by atoms with Gasteiger partial charge in [-0.15, -0.1) is 0 Å². The molecule has 3 heterocycles. The number of rotatable bonds is 5. The summed E-state index contributed by atoms with van der Waals surface area (Å²) in [4.78, 5) is 22.6. The molecule has 41 heavy (non-hydrogen) atoms. The minimum atomic E-state index is -4.74. The first kappa shape index (κ1) is 27.9. The zero-order valence-corrected chi connectivity index (χ0v) is 21.2. The van der Waals surface area contributed by atoms with Gasteiger partial charge < -0.3 is 14.6 Å². The van der Waals surface area contributed by atoms with Gasteiger partial charge >= 0.3 is 12.4 Å². The SMILES string of the molecule is N#Cc1cc(C(F)(F)F)c2oc(-c3ccc(C(=O)NCC4CCN(c5ccc(C(F)(F)F)cn5)CC4)cc3)nc2c1. The van der Waals surface area contributed by atoms with Crippen molar-refractivity contribution in [1.29, 1.82) is 5.26 Å². The number of amides is 1.